The van der Waals surface area contributed by atoms with E-state index in [1.807, 2.05) is 30.1 Å². The molecule has 0 aliphatic rings. The summed E-state index contributed by atoms with van der Waals surface area (Å²) < 4.78 is 5.73. The molecular formula is C14H19N3O3. The number of likely N-dealkylation sites (N-methyl/N-ethyl adjacent to an activating group) is 1. The lowest BCUT2D eigenvalue weighted by atomic mass is 10.1. The molecule has 2 aromatic rings. The Morgan fingerprint density at radius 2 is 2.20 bits per heavy atom. The summed E-state index contributed by atoms with van der Waals surface area (Å²) in [6.45, 7) is 2.62. The molecule has 0 spiro atoms. The van der Waals surface area contributed by atoms with E-state index in [9.17, 15) is 9.90 Å². The van der Waals surface area contributed by atoms with Crippen LogP contribution in [0.2, 0.25) is 0 Å². The maximum atomic E-state index is 11.9. The average Bonchev–Trinajstić information content (AvgIpc) is 2.74. The zero-order valence-corrected chi connectivity index (χ0v) is 11.6. The Balaban J connectivity index is 2.38. The molecule has 0 radical (unpaired) electrons. The van der Waals surface area contributed by atoms with Crippen molar-refractivity contribution in [2.45, 2.75) is 19.6 Å². The molecule has 4 N–H and O–H groups in total. The number of rotatable bonds is 5. The van der Waals surface area contributed by atoms with Crippen LogP contribution in [0.1, 0.15) is 23.0 Å². The van der Waals surface area contributed by atoms with E-state index >= 15 is 0 Å². The third-order valence-corrected chi connectivity index (χ3v) is 3.02. The molecule has 0 aliphatic carbocycles. The first-order chi connectivity index (χ1) is 9.52. The molecule has 1 amide bonds. The van der Waals surface area contributed by atoms with E-state index in [-0.39, 0.29) is 5.91 Å². The summed E-state index contributed by atoms with van der Waals surface area (Å²) in [5, 5.41) is 10.1. The molecule has 1 aromatic heterocycles. The van der Waals surface area contributed by atoms with Crippen LogP contribution in [0.4, 0.5) is 0 Å². The summed E-state index contributed by atoms with van der Waals surface area (Å²) in [4.78, 5) is 13.8. The number of amides is 1. The number of nitrogens with two attached hydrogens (primary N) is 1. The van der Waals surface area contributed by atoms with Crippen molar-refractivity contribution in [3.05, 3.63) is 35.6 Å². The van der Waals surface area contributed by atoms with Gasteiger partial charge in [0.25, 0.3) is 5.91 Å². The van der Waals surface area contributed by atoms with Gasteiger partial charge >= 0.3 is 0 Å². The quantitative estimate of drug-likeness (QED) is 0.428. The van der Waals surface area contributed by atoms with Crippen LogP contribution in [0.3, 0.4) is 0 Å². The highest BCUT2D eigenvalue weighted by molar-refractivity contribution is 6.07. The zero-order chi connectivity index (χ0) is 14.7. The minimum Gasteiger partial charge on any atom is -0.459 e. The number of benzene rings is 1. The maximum Gasteiger partial charge on any atom is 0.269 e. The number of hydrogen-bond donors (Lipinski definition) is 3. The van der Waals surface area contributed by atoms with Crippen LogP contribution in [-0.4, -0.2) is 35.6 Å². The minimum atomic E-state index is -0.448. The summed E-state index contributed by atoms with van der Waals surface area (Å²) >= 11 is 0. The van der Waals surface area contributed by atoms with Crippen molar-refractivity contribution in [1.82, 2.24) is 10.3 Å². The number of fused-ring (bicyclic) bond motifs is 1. The van der Waals surface area contributed by atoms with Gasteiger partial charge < -0.3 is 9.52 Å². The van der Waals surface area contributed by atoms with E-state index in [0.717, 1.165) is 5.39 Å². The third-order valence-electron chi connectivity index (χ3n) is 3.02. The molecule has 1 aromatic carbocycles. The van der Waals surface area contributed by atoms with Crippen LogP contribution in [0, 0.1) is 0 Å². The molecule has 0 saturated heterocycles. The highest BCUT2D eigenvalue weighted by Gasteiger charge is 2.21. The fourth-order valence-corrected chi connectivity index (χ4v) is 2.29. The molecule has 0 saturated carbocycles. The van der Waals surface area contributed by atoms with Crippen molar-refractivity contribution in [2.24, 2.45) is 5.84 Å². The van der Waals surface area contributed by atoms with Crippen LogP contribution in [0.25, 0.3) is 11.0 Å². The number of para-hydroxylation sites is 1. The summed E-state index contributed by atoms with van der Waals surface area (Å²) in [5.41, 5.74) is 3.24. The Morgan fingerprint density at radius 1 is 1.50 bits per heavy atom. The van der Waals surface area contributed by atoms with Gasteiger partial charge in [0.05, 0.1) is 18.2 Å². The second kappa shape index (κ2) is 6.04. The molecule has 6 heteroatoms. The Labute approximate surface area is 117 Å². The van der Waals surface area contributed by atoms with E-state index in [1.54, 1.807) is 13.0 Å². The molecule has 108 valence electrons. The van der Waals surface area contributed by atoms with E-state index in [0.29, 0.717) is 30.0 Å². The van der Waals surface area contributed by atoms with Crippen molar-refractivity contribution in [3.63, 3.8) is 0 Å². The number of hydrazine groups is 1. The number of carbonyl (C=O) groups is 1. The van der Waals surface area contributed by atoms with Crippen molar-refractivity contribution in [1.29, 1.82) is 0 Å². The Hall–Kier alpha value is -1.89. The normalized spacial score (nSPS) is 12.8. The predicted octanol–water partition coefficient (Wildman–Crippen LogP) is 0.849. The fourth-order valence-electron chi connectivity index (χ4n) is 2.29. The SMILES string of the molecule is CC(O)CN(C)Cc1oc2ccccc2c1C(=O)NN. The molecule has 0 bridgehead atoms. The number of nitrogens with zero attached hydrogens (tertiary/aromatic N) is 1. The number of aliphatic hydroxyl groups is 1. The Kier molecular flexibility index (Phi) is 4.39. The molecule has 0 fully saturated rings. The Morgan fingerprint density at radius 3 is 2.85 bits per heavy atom. The molecule has 1 heterocycles. The molecule has 6 nitrogen and oxygen atoms in total. The lowest BCUT2D eigenvalue weighted by molar-refractivity contribution is 0.0950. The fraction of sp³-hybridized carbons (Fsp3) is 0.357. The largest absolute Gasteiger partial charge is 0.459 e. The Bertz CT molecular complexity index is 607. The van der Waals surface area contributed by atoms with Crippen LogP contribution < -0.4 is 11.3 Å². The van der Waals surface area contributed by atoms with E-state index in [2.05, 4.69) is 5.43 Å². The lowest BCUT2D eigenvalue weighted by Crippen LogP contribution is -2.32. The van der Waals surface area contributed by atoms with E-state index in [1.165, 1.54) is 0 Å². The number of hydrogen-bond acceptors (Lipinski definition) is 5. The predicted molar refractivity (Wildman–Crippen MR) is 75.9 cm³/mol. The summed E-state index contributed by atoms with van der Waals surface area (Å²) in [6.07, 6.45) is -0.448. The average molecular weight is 277 g/mol. The molecule has 20 heavy (non-hydrogen) atoms. The van der Waals surface area contributed by atoms with Gasteiger partial charge in [-0.15, -0.1) is 0 Å². The number of furan rings is 1. The van der Waals surface area contributed by atoms with Crippen molar-refractivity contribution >= 4 is 16.9 Å². The van der Waals surface area contributed by atoms with Crippen molar-refractivity contribution < 1.29 is 14.3 Å². The van der Waals surface area contributed by atoms with Gasteiger partial charge in [-0.2, -0.15) is 0 Å². The first kappa shape index (κ1) is 14.5. The van der Waals surface area contributed by atoms with Crippen LogP contribution >= 0.6 is 0 Å². The summed E-state index contributed by atoms with van der Waals surface area (Å²) in [7, 11) is 1.85. The van der Waals surface area contributed by atoms with Gasteiger partial charge in [0.15, 0.2) is 0 Å². The summed E-state index contributed by atoms with van der Waals surface area (Å²) in [5.74, 6) is 5.40. The van der Waals surface area contributed by atoms with Crippen LogP contribution in [0.15, 0.2) is 28.7 Å². The van der Waals surface area contributed by atoms with Crippen LogP contribution in [0.5, 0.6) is 0 Å². The van der Waals surface area contributed by atoms with Crippen molar-refractivity contribution in [3.8, 4) is 0 Å². The highest BCUT2D eigenvalue weighted by atomic mass is 16.3. The molecule has 1 atom stereocenters. The van der Waals surface area contributed by atoms with Gasteiger partial charge in [0, 0.05) is 11.9 Å². The number of carbonyl (C=O) groups excluding carboxylic acids is 1. The smallest absolute Gasteiger partial charge is 0.269 e. The van der Waals surface area contributed by atoms with Crippen molar-refractivity contribution in [2.75, 3.05) is 13.6 Å². The monoisotopic (exact) mass is 277 g/mol. The van der Waals surface area contributed by atoms with Gasteiger partial charge in [-0.1, -0.05) is 18.2 Å². The second-order valence-electron chi connectivity index (χ2n) is 4.92. The van der Waals surface area contributed by atoms with Gasteiger partial charge in [0.1, 0.15) is 11.3 Å². The van der Waals surface area contributed by atoms with Crippen LogP contribution in [-0.2, 0) is 6.54 Å². The van der Waals surface area contributed by atoms with Gasteiger partial charge in [0.2, 0.25) is 0 Å². The lowest BCUT2D eigenvalue weighted by Gasteiger charge is -2.17. The topological polar surface area (TPSA) is 91.7 Å². The number of nitrogen functional groups attached to an aromatic ring is 1. The second-order valence-corrected chi connectivity index (χ2v) is 4.92. The third kappa shape index (κ3) is 2.98. The van der Waals surface area contributed by atoms with Gasteiger partial charge in [-0.05, 0) is 20.0 Å². The van der Waals surface area contributed by atoms with Gasteiger partial charge in [-0.25, -0.2) is 5.84 Å². The number of nitrogens with one attached hydrogen (secondary N) is 1. The molecule has 0 aliphatic heterocycles. The maximum absolute atomic E-state index is 11.9. The molecular weight excluding hydrogens is 258 g/mol. The zero-order valence-electron chi connectivity index (χ0n) is 11.6. The standard InChI is InChI=1S/C14H19N3O3/c1-9(18)7-17(2)8-12-13(14(19)16-15)10-5-3-4-6-11(10)20-12/h3-6,9,18H,7-8,15H2,1-2H3,(H,16,19). The van der Waals surface area contributed by atoms with E-state index in [4.69, 9.17) is 10.3 Å². The minimum absolute atomic E-state index is 0.379. The van der Waals surface area contributed by atoms with Gasteiger partial charge in [-0.3, -0.25) is 15.1 Å². The summed E-state index contributed by atoms with van der Waals surface area (Å²) in [6, 6.07) is 7.32. The first-order valence-corrected chi connectivity index (χ1v) is 6.41. The molecule has 2 rings (SSSR count). The molecule has 1 unspecified atom stereocenters. The number of aliphatic hydroxyl groups excluding tert-OH is 1. The highest BCUT2D eigenvalue weighted by Crippen LogP contribution is 2.26. The van der Waals surface area contributed by atoms with E-state index < -0.39 is 6.10 Å². The first-order valence-electron chi connectivity index (χ1n) is 6.41.